The first-order chi connectivity index (χ1) is 13.0. The van der Waals surface area contributed by atoms with Gasteiger partial charge in [0, 0.05) is 21.6 Å². The monoisotopic (exact) mass is 511 g/mol. The fraction of sp³-hybridized carbons (Fsp3) is 0.133. The summed E-state index contributed by atoms with van der Waals surface area (Å²) in [6.07, 6.45) is 1.48. The highest BCUT2D eigenvalue weighted by molar-refractivity contribution is 9.10. The number of aromatic nitrogens is 2. The number of amides is 1. The molecule has 0 spiro atoms. The number of hydrogen-bond donors (Lipinski definition) is 3. The van der Waals surface area contributed by atoms with E-state index in [-0.39, 0.29) is 31.7 Å². The molecule has 2 heterocycles. The van der Waals surface area contributed by atoms with Crippen molar-refractivity contribution in [3.63, 3.8) is 0 Å². The highest BCUT2D eigenvalue weighted by Crippen LogP contribution is 2.63. The number of nitrogens with zero attached hydrogens (tertiary/aromatic N) is 2. The molecule has 28 heavy (non-hydrogen) atoms. The van der Waals surface area contributed by atoms with Gasteiger partial charge in [0.05, 0.1) is 22.0 Å². The maximum absolute atomic E-state index is 14.1. The van der Waals surface area contributed by atoms with Crippen molar-refractivity contribution in [2.24, 2.45) is 0 Å². The average molecular weight is 513 g/mol. The number of rotatable bonds is 5. The zero-order valence-corrected chi connectivity index (χ0v) is 17.6. The summed E-state index contributed by atoms with van der Waals surface area (Å²) < 4.78 is 39.4. The van der Waals surface area contributed by atoms with Gasteiger partial charge in [0.15, 0.2) is 0 Å². The molecule has 0 saturated heterocycles. The quantitative estimate of drug-likeness (QED) is 0.440. The number of fused-ring (bicyclic) bond motifs is 1. The Morgan fingerprint density at radius 1 is 1.39 bits per heavy atom. The number of nitrogens with one attached hydrogen (secondary N) is 1. The molecule has 0 aliphatic rings. The Bertz CT molecular complexity index is 1110. The van der Waals surface area contributed by atoms with Crippen LogP contribution in [0.5, 0.6) is 0 Å². The van der Waals surface area contributed by atoms with Crippen LogP contribution in [0.25, 0.3) is 10.1 Å². The molecular weight excluding hydrogens is 503 g/mol. The van der Waals surface area contributed by atoms with E-state index in [0.29, 0.717) is 17.0 Å². The van der Waals surface area contributed by atoms with Crippen LogP contribution < -0.4 is 5.32 Å². The lowest BCUT2D eigenvalue weighted by Gasteiger charge is -2.16. The minimum Gasteiger partial charge on any atom is -0.346 e. The number of benzene rings is 1. The van der Waals surface area contributed by atoms with E-state index < -0.39 is 24.0 Å². The molecular formula is C15H10BrClF2N3O4PS. The number of alkyl halides is 2. The lowest BCUT2D eigenvalue weighted by molar-refractivity contribution is 0.0595. The van der Waals surface area contributed by atoms with Gasteiger partial charge in [-0.25, -0.2) is 0 Å². The van der Waals surface area contributed by atoms with Crippen LogP contribution in [0, 0.1) is 0 Å². The van der Waals surface area contributed by atoms with E-state index in [2.05, 4.69) is 31.4 Å². The second-order valence-corrected chi connectivity index (χ2v) is 9.43. The molecule has 3 aromatic rings. The molecule has 0 saturated carbocycles. The van der Waals surface area contributed by atoms with Crippen LogP contribution in [0.4, 0.5) is 8.78 Å². The van der Waals surface area contributed by atoms with Gasteiger partial charge in [0.1, 0.15) is 4.88 Å². The van der Waals surface area contributed by atoms with Gasteiger partial charge in [0.25, 0.3) is 5.91 Å². The second-order valence-electron chi connectivity index (χ2n) is 5.56. The first kappa shape index (κ1) is 21.2. The molecule has 13 heteroatoms. The molecule has 0 aliphatic carbocycles. The van der Waals surface area contributed by atoms with Gasteiger partial charge in [-0.2, -0.15) is 19.0 Å². The fourth-order valence-electron chi connectivity index (χ4n) is 2.29. The zero-order valence-electron chi connectivity index (χ0n) is 13.6. The van der Waals surface area contributed by atoms with E-state index in [1.165, 1.54) is 18.3 Å². The highest BCUT2D eigenvalue weighted by Gasteiger charge is 2.53. The van der Waals surface area contributed by atoms with Crippen molar-refractivity contribution in [3.8, 4) is 0 Å². The molecule has 0 bridgehead atoms. The van der Waals surface area contributed by atoms with E-state index >= 15 is 0 Å². The van der Waals surface area contributed by atoms with Gasteiger partial charge in [0.2, 0.25) is 0 Å². The summed E-state index contributed by atoms with van der Waals surface area (Å²) >= 11 is 9.52. The van der Waals surface area contributed by atoms with Gasteiger partial charge in [-0.05, 0) is 40.2 Å². The smallest absolute Gasteiger partial charge is 0.346 e. The van der Waals surface area contributed by atoms with Crippen LogP contribution in [0.15, 0.2) is 34.9 Å². The van der Waals surface area contributed by atoms with Crippen LogP contribution in [0.3, 0.4) is 0 Å². The van der Waals surface area contributed by atoms with Crippen LogP contribution >= 0.6 is 46.5 Å². The molecule has 0 fully saturated rings. The minimum atomic E-state index is -5.75. The number of carbonyl (C=O) groups is 1. The first-order valence-electron chi connectivity index (χ1n) is 7.42. The Morgan fingerprint density at radius 2 is 2.11 bits per heavy atom. The number of halogens is 4. The molecule has 2 aromatic heterocycles. The zero-order chi connectivity index (χ0) is 20.7. The lowest BCUT2D eigenvalue weighted by Crippen LogP contribution is -2.23. The maximum Gasteiger partial charge on any atom is 0.400 e. The molecule has 148 valence electrons. The fourth-order valence-corrected chi connectivity index (χ4v) is 5.53. The predicted octanol–water partition coefficient (Wildman–Crippen LogP) is 4.26. The first-order valence-corrected chi connectivity index (χ1v) is 11.0. The van der Waals surface area contributed by atoms with Gasteiger partial charge in [-0.3, -0.25) is 9.36 Å². The Hall–Kier alpha value is -1.49. The largest absolute Gasteiger partial charge is 0.400 e. The van der Waals surface area contributed by atoms with Crippen molar-refractivity contribution in [2.75, 3.05) is 0 Å². The highest BCUT2D eigenvalue weighted by atomic mass is 79.9. The van der Waals surface area contributed by atoms with Crippen molar-refractivity contribution >= 4 is 62.5 Å². The molecule has 0 atom stereocenters. The molecule has 3 N–H and O–H groups in total. The third-order valence-electron chi connectivity index (χ3n) is 3.64. The number of carbonyl (C=O) groups excluding carboxylic acids is 1. The summed E-state index contributed by atoms with van der Waals surface area (Å²) in [6, 6.07) is 5.92. The van der Waals surface area contributed by atoms with Crippen molar-refractivity contribution in [3.05, 3.63) is 56.1 Å². The molecule has 3 rings (SSSR count). The van der Waals surface area contributed by atoms with Gasteiger partial charge >= 0.3 is 13.3 Å². The lowest BCUT2D eigenvalue weighted by atomic mass is 10.1. The van der Waals surface area contributed by atoms with Crippen molar-refractivity contribution in [2.45, 2.75) is 12.2 Å². The summed E-state index contributed by atoms with van der Waals surface area (Å²) in [7, 11) is -5.75. The van der Waals surface area contributed by atoms with Crippen LogP contribution in [-0.2, 0) is 16.8 Å². The van der Waals surface area contributed by atoms with Gasteiger partial charge in [-0.15, -0.1) is 11.3 Å². The van der Waals surface area contributed by atoms with E-state index in [4.69, 9.17) is 21.4 Å². The molecule has 1 amide bonds. The minimum absolute atomic E-state index is 0.000569. The normalized spacial score (nSPS) is 12.4. The summed E-state index contributed by atoms with van der Waals surface area (Å²) in [6.45, 7) is 0.0919. The standard InChI is InChI=1S/C15H10BrClF2N3O4PS/c16-11-9-4-7(14(23)20-6-8-2-1-3-21-22-8)5-10(17)12(9)28-13(11)15(18,19)27(24,25)26/h1-5H,6H2,(H,20,23)(H2,24,25,26). The van der Waals surface area contributed by atoms with E-state index in [9.17, 15) is 18.1 Å². The number of hydrogen-bond acceptors (Lipinski definition) is 5. The van der Waals surface area contributed by atoms with Gasteiger partial charge in [-0.1, -0.05) is 11.6 Å². The molecule has 0 unspecified atom stereocenters. The van der Waals surface area contributed by atoms with E-state index in [0.717, 1.165) is 0 Å². The van der Waals surface area contributed by atoms with Crippen molar-refractivity contribution in [1.29, 1.82) is 0 Å². The molecule has 1 aromatic carbocycles. The predicted molar refractivity (Wildman–Crippen MR) is 104 cm³/mol. The summed E-state index contributed by atoms with van der Waals surface area (Å²) in [5.74, 6) is -0.532. The Balaban J connectivity index is 1.97. The molecule has 7 nitrogen and oxygen atoms in total. The van der Waals surface area contributed by atoms with E-state index in [1.807, 2.05) is 0 Å². The summed E-state index contributed by atoms with van der Waals surface area (Å²) in [5.41, 5.74) is -3.79. The Morgan fingerprint density at radius 3 is 2.71 bits per heavy atom. The summed E-state index contributed by atoms with van der Waals surface area (Å²) in [4.78, 5) is 29.5. The van der Waals surface area contributed by atoms with Crippen LogP contribution in [-0.4, -0.2) is 25.9 Å². The van der Waals surface area contributed by atoms with Crippen molar-refractivity contribution in [1.82, 2.24) is 15.5 Å². The van der Waals surface area contributed by atoms with Gasteiger partial charge < -0.3 is 15.1 Å². The third-order valence-corrected chi connectivity index (χ3v) is 7.55. The Kier molecular flexibility index (Phi) is 5.86. The van der Waals surface area contributed by atoms with Crippen molar-refractivity contribution < 1.29 is 27.9 Å². The SMILES string of the molecule is O=C(NCc1cccnn1)c1cc(Cl)c2sc(C(F)(F)P(=O)(O)O)c(Br)c2c1. The number of thiophene rings is 1. The average Bonchev–Trinajstić information content (AvgIpc) is 2.97. The van der Waals surface area contributed by atoms with E-state index in [1.54, 1.807) is 12.1 Å². The summed E-state index contributed by atoms with van der Waals surface area (Å²) in [5, 5.41) is 10.3. The topological polar surface area (TPSA) is 112 Å². The second kappa shape index (κ2) is 7.74. The third kappa shape index (κ3) is 3.96. The van der Waals surface area contributed by atoms with Crippen LogP contribution in [0.2, 0.25) is 5.02 Å². The molecule has 0 radical (unpaired) electrons. The van der Waals surface area contributed by atoms with Crippen LogP contribution in [0.1, 0.15) is 20.9 Å². The maximum atomic E-state index is 14.1. The molecule has 0 aliphatic heterocycles. The Labute approximate surface area is 174 Å².